The molecule has 1 aromatic rings. The molecule has 0 amide bonds. The van der Waals surface area contributed by atoms with Crippen LogP contribution in [-0.2, 0) is 19.1 Å². The van der Waals surface area contributed by atoms with E-state index in [4.69, 9.17) is 15.2 Å². The van der Waals surface area contributed by atoms with E-state index < -0.39 is 23.8 Å². The minimum atomic E-state index is -0.845. The van der Waals surface area contributed by atoms with Crippen molar-refractivity contribution >= 4 is 29.1 Å². The van der Waals surface area contributed by atoms with Crippen molar-refractivity contribution in [3.8, 4) is 0 Å². The van der Waals surface area contributed by atoms with E-state index >= 15 is 0 Å². The van der Waals surface area contributed by atoms with Gasteiger partial charge in [0.05, 0.1) is 19.3 Å². The highest BCUT2D eigenvalue weighted by Gasteiger charge is 2.43. The number of nitrogens with zero attached hydrogens (tertiary/aromatic N) is 1. The summed E-state index contributed by atoms with van der Waals surface area (Å²) in [4.78, 5) is 41.5. The molecule has 2 unspecified atom stereocenters. The molecule has 1 heterocycles. The molecular formula is C20H24N2O5. The molecule has 2 rings (SSSR count). The maximum absolute atomic E-state index is 12.7. The number of aliphatic imine (C=N–C) groups is 1. The molecule has 1 aliphatic heterocycles. The number of ketones is 1. The molecule has 0 saturated carbocycles. The van der Waals surface area contributed by atoms with Gasteiger partial charge in [-0.25, -0.2) is 4.79 Å². The zero-order valence-corrected chi connectivity index (χ0v) is 16.2. The standard InChI is InChI=1S/C20H24N2O5/c1-6-27-20(25)16-11(3)22-10(2)15(19(24)26-5)17(16)14-9-7-8-13(12(4)23)18(14)21/h7-9,15,17H,6,21H2,1-5H3. The van der Waals surface area contributed by atoms with Crippen LogP contribution >= 0.6 is 0 Å². The Morgan fingerprint density at radius 1 is 1.22 bits per heavy atom. The zero-order valence-electron chi connectivity index (χ0n) is 16.2. The molecule has 2 N–H and O–H groups in total. The Kier molecular flexibility index (Phi) is 6.15. The van der Waals surface area contributed by atoms with Crippen LogP contribution in [0.15, 0.2) is 34.5 Å². The number of carbonyl (C=O) groups excluding carboxylic acids is 3. The second kappa shape index (κ2) is 8.16. The van der Waals surface area contributed by atoms with Gasteiger partial charge in [0.1, 0.15) is 5.92 Å². The van der Waals surface area contributed by atoms with Crippen LogP contribution in [-0.4, -0.2) is 37.2 Å². The van der Waals surface area contributed by atoms with Crippen LogP contribution in [0.3, 0.4) is 0 Å². The van der Waals surface area contributed by atoms with Crippen molar-refractivity contribution < 1.29 is 23.9 Å². The van der Waals surface area contributed by atoms with Crippen LogP contribution in [0.2, 0.25) is 0 Å². The smallest absolute Gasteiger partial charge is 0.336 e. The lowest BCUT2D eigenvalue weighted by Gasteiger charge is -2.32. The number of rotatable bonds is 5. The van der Waals surface area contributed by atoms with Crippen molar-refractivity contribution in [3.63, 3.8) is 0 Å². The SMILES string of the molecule is CCOC(=O)C1=C(C)N=C(C)C(C(=O)OC)C1c1cccc(C(C)=O)c1N. The fraction of sp³-hybridized carbons (Fsp3) is 0.400. The molecule has 1 aliphatic rings. The predicted molar refractivity (Wildman–Crippen MR) is 102 cm³/mol. The van der Waals surface area contributed by atoms with E-state index in [1.165, 1.54) is 14.0 Å². The first-order chi connectivity index (χ1) is 12.7. The van der Waals surface area contributed by atoms with E-state index in [0.717, 1.165) is 0 Å². The van der Waals surface area contributed by atoms with Gasteiger partial charge in [-0.15, -0.1) is 0 Å². The van der Waals surface area contributed by atoms with Gasteiger partial charge in [0.25, 0.3) is 0 Å². The number of allylic oxidation sites excluding steroid dienone is 1. The molecule has 0 saturated heterocycles. The molecule has 27 heavy (non-hydrogen) atoms. The molecule has 0 aromatic heterocycles. The first-order valence-corrected chi connectivity index (χ1v) is 8.64. The van der Waals surface area contributed by atoms with Gasteiger partial charge in [-0.1, -0.05) is 12.1 Å². The Labute approximate surface area is 158 Å². The summed E-state index contributed by atoms with van der Waals surface area (Å²) >= 11 is 0. The predicted octanol–water partition coefficient (Wildman–Crippen LogP) is 2.66. The number of anilines is 1. The van der Waals surface area contributed by atoms with E-state index in [2.05, 4.69) is 4.99 Å². The number of esters is 2. The second-order valence-electron chi connectivity index (χ2n) is 6.32. The number of hydrogen-bond acceptors (Lipinski definition) is 7. The quantitative estimate of drug-likeness (QED) is 0.484. The van der Waals surface area contributed by atoms with Gasteiger partial charge in [-0.05, 0) is 39.3 Å². The summed E-state index contributed by atoms with van der Waals surface area (Å²) in [6.45, 7) is 6.67. The molecule has 0 fully saturated rings. The van der Waals surface area contributed by atoms with Gasteiger partial charge in [0.2, 0.25) is 0 Å². The lowest BCUT2D eigenvalue weighted by atomic mass is 9.74. The Morgan fingerprint density at radius 2 is 1.89 bits per heavy atom. The summed E-state index contributed by atoms with van der Waals surface area (Å²) < 4.78 is 10.1. The van der Waals surface area contributed by atoms with Crippen LogP contribution in [0, 0.1) is 5.92 Å². The monoisotopic (exact) mass is 372 g/mol. The van der Waals surface area contributed by atoms with E-state index in [-0.39, 0.29) is 23.7 Å². The average molecular weight is 372 g/mol. The Balaban J connectivity index is 2.77. The number of ether oxygens (including phenoxy) is 2. The van der Waals surface area contributed by atoms with Crippen LogP contribution < -0.4 is 5.73 Å². The van der Waals surface area contributed by atoms with Crippen molar-refractivity contribution in [1.82, 2.24) is 0 Å². The van der Waals surface area contributed by atoms with Crippen molar-refractivity contribution in [3.05, 3.63) is 40.6 Å². The molecule has 1 aromatic carbocycles. The van der Waals surface area contributed by atoms with Gasteiger partial charge < -0.3 is 15.2 Å². The number of nitrogens with two attached hydrogens (primary N) is 1. The Hall–Kier alpha value is -2.96. The highest BCUT2D eigenvalue weighted by atomic mass is 16.5. The Bertz CT molecular complexity index is 854. The van der Waals surface area contributed by atoms with Crippen LogP contribution in [0.25, 0.3) is 0 Å². The van der Waals surface area contributed by atoms with Crippen molar-refractivity contribution in [1.29, 1.82) is 0 Å². The second-order valence-corrected chi connectivity index (χ2v) is 6.32. The van der Waals surface area contributed by atoms with E-state index in [1.807, 2.05) is 0 Å². The van der Waals surface area contributed by atoms with Crippen molar-refractivity contribution in [2.24, 2.45) is 10.9 Å². The minimum Gasteiger partial charge on any atom is -0.468 e. The number of para-hydroxylation sites is 1. The lowest BCUT2D eigenvalue weighted by molar-refractivity contribution is -0.144. The fourth-order valence-electron chi connectivity index (χ4n) is 3.44. The fourth-order valence-corrected chi connectivity index (χ4v) is 3.44. The van der Waals surface area contributed by atoms with E-state index in [9.17, 15) is 14.4 Å². The number of benzene rings is 1. The summed E-state index contributed by atoms with van der Waals surface area (Å²) in [6.07, 6.45) is 0. The highest BCUT2D eigenvalue weighted by molar-refractivity contribution is 6.08. The number of carbonyl (C=O) groups is 3. The summed E-state index contributed by atoms with van der Waals surface area (Å²) in [5.74, 6) is -2.92. The summed E-state index contributed by atoms with van der Waals surface area (Å²) in [5, 5.41) is 0. The van der Waals surface area contributed by atoms with Gasteiger partial charge in [-0.2, -0.15) is 0 Å². The first-order valence-electron chi connectivity index (χ1n) is 8.64. The molecule has 144 valence electrons. The normalized spacial score (nSPS) is 19.4. The summed E-state index contributed by atoms with van der Waals surface area (Å²) in [5.41, 5.74) is 8.51. The van der Waals surface area contributed by atoms with Gasteiger partial charge >= 0.3 is 11.9 Å². The largest absolute Gasteiger partial charge is 0.468 e. The van der Waals surface area contributed by atoms with E-state index in [0.29, 0.717) is 22.5 Å². The average Bonchev–Trinajstić information content (AvgIpc) is 2.60. The molecular weight excluding hydrogens is 348 g/mol. The maximum atomic E-state index is 12.7. The van der Waals surface area contributed by atoms with Gasteiger partial charge in [-0.3, -0.25) is 14.6 Å². The van der Waals surface area contributed by atoms with Crippen LogP contribution in [0.4, 0.5) is 5.69 Å². The molecule has 0 aliphatic carbocycles. The zero-order chi connectivity index (χ0) is 20.3. The number of methoxy groups -OCH3 is 1. The third kappa shape index (κ3) is 3.77. The molecule has 0 bridgehead atoms. The minimum absolute atomic E-state index is 0.177. The van der Waals surface area contributed by atoms with Crippen molar-refractivity contribution in [2.45, 2.75) is 33.6 Å². The summed E-state index contributed by atoms with van der Waals surface area (Å²) in [7, 11) is 1.28. The molecule has 0 radical (unpaired) electrons. The van der Waals surface area contributed by atoms with Crippen molar-refractivity contribution in [2.75, 3.05) is 19.5 Å². The maximum Gasteiger partial charge on any atom is 0.336 e. The van der Waals surface area contributed by atoms with Crippen LogP contribution in [0.5, 0.6) is 0 Å². The van der Waals surface area contributed by atoms with Gasteiger partial charge in [0, 0.05) is 28.6 Å². The third-order valence-electron chi connectivity index (χ3n) is 4.63. The topological polar surface area (TPSA) is 108 Å². The lowest BCUT2D eigenvalue weighted by Crippen LogP contribution is -2.36. The highest BCUT2D eigenvalue weighted by Crippen LogP contribution is 2.42. The summed E-state index contributed by atoms with van der Waals surface area (Å²) in [6, 6.07) is 4.99. The third-order valence-corrected chi connectivity index (χ3v) is 4.63. The molecule has 2 atom stereocenters. The molecule has 7 heteroatoms. The molecule has 7 nitrogen and oxygen atoms in total. The number of nitrogen functional groups attached to an aromatic ring is 1. The van der Waals surface area contributed by atoms with Gasteiger partial charge in [0.15, 0.2) is 5.78 Å². The first kappa shape index (κ1) is 20.4. The van der Waals surface area contributed by atoms with Crippen LogP contribution in [0.1, 0.15) is 49.5 Å². The molecule has 0 spiro atoms. The Morgan fingerprint density at radius 3 is 2.44 bits per heavy atom. The number of Topliss-reactive ketones (excluding diaryl/α,β-unsaturated/α-hetero) is 1. The number of hydrogen-bond donors (Lipinski definition) is 1. The van der Waals surface area contributed by atoms with E-state index in [1.54, 1.807) is 39.0 Å².